The van der Waals surface area contributed by atoms with Crippen molar-refractivity contribution >= 4 is 23.0 Å². The molecule has 5 heterocycles. The predicted molar refractivity (Wildman–Crippen MR) is 160 cm³/mol. The Hall–Kier alpha value is -5.25. The standard InChI is InChI=1S/C32H28FN9/c1-3-21-10-13-28-31(38-30(21)40-15-14-36-29(40)22-8-11-25(33)12-9-22)42(27(4-2)32-39-37-20-41(28)32)26-7-5-6-23(16-26)24-17-34-19-35-18-24/h5-9,11-20,27H,3-4,10H2,1-2H3. The highest BCUT2D eigenvalue weighted by molar-refractivity contribution is 6.27. The second-order valence-corrected chi connectivity index (χ2v) is 10.2. The zero-order valence-corrected chi connectivity index (χ0v) is 23.3. The summed E-state index contributed by atoms with van der Waals surface area (Å²) in [5.74, 6) is 2.89. The van der Waals surface area contributed by atoms with E-state index in [2.05, 4.69) is 72.7 Å². The van der Waals surface area contributed by atoms with Gasteiger partial charge in [0.2, 0.25) is 0 Å². The molecule has 10 heteroatoms. The normalized spacial score (nSPS) is 16.5. The van der Waals surface area contributed by atoms with Crippen molar-refractivity contribution in [3.63, 3.8) is 0 Å². The van der Waals surface area contributed by atoms with Crippen molar-refractivity contribution in [3.05, 3.63) is 109 Å². The molecule has 7 rings (SSSR count). The van der Waals surface area contributed by atoms with E-state index in [-0.39, 0.29) is 11.9 Å². The predicted octanol–water partition coefficient (Wildman–Crippen LogP) is 6.63. The molecule has 0 saturated heterocycles. The Morgan fingerprint density at radius 2 is 1.79 bits per heavy atom. The van der Waals surface area contributed by atoms with Gasteiger partial charge in [-0.05, 0) is 66.8 Å². The van der Waals surface area contributed by atoms with Crippen LogP contribution in [-0.4, -0.2) is 40.1 Å². The van der Waals surface area contributed by atoms with Crippen molar-refractivity contribution in [2.75, 3.05) is 4.90 Å². The molecule has 0 radical (unpaired) electrons. The Bertz CT molecular complexity index is 1850. The van der Waals surface area contributed by atoms with Crippen molar-refractivity contribution in [3.8, 4) is 22.5 Å². The molecule has 9 nitrogen and oxygen atoms in total. The van der Waals surface area contributed by atoms with E-state index in [9.17, 15) is 4.39 Å². The van der Waals surface area contributed by atoms with E-state index in [0.29, 0.717) is 12.2 Å². The molecule has 2 aromatic carbocycles. The number of imidazole rings is 1. The van der Waals surface area contributed by atoms with Crippen LogP contribution in [-0.2, 0) is 0 Å². The first kappa shape index (κ1) is 25.7. The third kappa shape index (κ3) is 4.32. The lowest BCUT2D eigenvalue weighted by molar-refractivity contribution is 0.615. The molecule has 0 N–H and O–H groups in total. The van der Waals surface area contributed by atoms with Crippen LogP contribution < -0.4 is 4.90 Å². The monoisotopic (exact) mass is 557 g/mol. The van der Waals surface area contributed by atoms with Gasteiger partial charge in [-0.2, -0.15) is 0 Å². The first-order valence-electron chi connectivity index (χ1n) is 14.0. The molecule has 208 valence electrons. The van der Waals surface area contributed by atoms with Crippen LogP contribution in [0.4, 0.5) is 10.1 Å². The van der Waals surface area contributed by atoms with Crippen LogP contribution >= 0.6 is 0 Å². The fourth-order valence-corrected chi connectivity index (χ4v) is 5.71. The molecule has 0 amide bonds. The van der Waals surface area contributed by atoms with Gasteiger partial charge in [-0.15, -0.1) is 10.2 Å². The van der Waals surface area contributed by atoms with Gasteiger partial charge in [-0.25, -0.2) is 24.3 Å². The van der Waals surface area contributed by atoms with Crippen molar-refractivity contribution < 1.29 is 4.39 Å². The Morgan fingerprint density at radius 1 is 0.952 bits per heavy atom. The first-order chi connectivity index (χ1) is 20.7. The molecular weight excluding hydrogens is 529 g/mol. The number of anilines is 1. The Balaban J connectivity index is 1.43. The summed E-state index contributed by atoms with van der Waals surface area (Å²) in [6, 6.07) is 14.6. The summed E-state index contributed by atoms with van der Waals surface area (Å²) in [6.45, 7) is 4.29. The number of rotatable bonds is 6. The van der Waals surface area contributed by atoms with Gasteiger partial charge in [0.15, 0.2) is 11.7 Å². The fraction of sp³-hybridized carbons (Fsp3) is 0.188. The zero-order chi connectivity index (χ0) is 28.6. The lowest BCUT2D eigenvalue weighted by atomic mass is 10.0. The minimum atomic E-state index is -0.286. The van der Waals surface area contributed by atoms with Crippen LogP contribution in [0.2, 0.25) is 0 Å². The van der Waals surface area contributed by atoms with E-state index in [0.717, 1.165) is 64.0 Å². The van der Waals surface area contributed by atoms with Crippen LogP contribution in [0.3, 0.4) is 0 Å². The summed E-state index contributed by atoms with van der Waals surface area (Å²) in [7, 11) is 0. The number of aliphatic imine (C=N–C) groups is 1. The van der Waals surface area contributed by atoms with Gasteiger partial charge < -0.3 is 4.90 Å². The fourth-order valence-electron chi connectivity index (χ4n) is 5.71. The molecule has 2 aliphatic rings. The van der Waals surface area contributed by atoms with Crippen LogP contribution in [0, 0.1) is 5.82 Å². The van der Waals surface area contributed by atoms with Crippen LogP contribution in [0.25, 0.3) is 34.0 Å². The maximum Gasteiger partial charge on any atom is 0.160 e. The topological polar surface area (TPSA) is 89.9 Å². The number of halogens is 1. The maximum absolute atomic E-state index is 13.8. The van der Waals surface area contributed by atoms with E-state index >= 15 is 0 Å². The molecule has 0 saturated carbocycles. The van der Waals surface area contributed by atoms with Gasteiger partial charge in [-0.3, -0.25) is 9.13 Å². The molecule has 5 aromatic rings. The van der Waals surface area contributed by atoms with Gasteiger partial charge >= 0.3 is 0 Å². The Kier molecular flexibility index (Phi) is 6.50. The number of hydrogen-bond acceptors (Lipinski definition) is 7. The average Bonchev–Trinajstić information content (AvgIpc) is 3.68. The number of fused-ring (bicyclic) bond motifs is 3. The number of aromatic nitrogens is 7. The minimum absolute atomic E-state index is 0.102. The molecule has 2 aliphatic heterocycles. The second kappa shape index (κ2) is 10.6. The highest BCUT2D eigenvalue weighted by Gasteiger charge is 2.37. The summed E-state index contributed by atoms with van der Waals surface area (Å²) < 4.78 is 17.8. The molecule has 0 bridgehead atoms. The van der Waals surface area contributed by atoms with Gasteiger partial charge in [0.05, 0.1) is 11.7 Å². The third-order valence-corrected chi connectivity index (χ3v) is 7.77. The summed E-state index contributed by atoms with van der Waals surface area (Å²) in [5, 5.41) is 8.85. The second-order valence-electron chi connectivity index (χ2n) is 10.2. The van der Waals surface area contributed by atoms with Crippen LogP contribution in [0.1, 0.15) is 45.0 Å². The molecule has 1 unspecified atom stereocenters. The summed E-state index contributed by atoms with van der Waals surface area (Å²) >= 11 is 0. The molecule has 1 atom stereocenters. The number of nitrogens with zero attached hydrogens (tertiary/aromatic N) is 9. The minimum Gasteiger partial charge on any atom is -0.314 e. The lowest BCUT2D eigenvalue weighted by Crippen LogP contribution is -2.42. The third-order valence-electron chi connectivity index (χ3n) is 7.77. The number of amidine groups is 1. The average molecular weight is 558 g/mol. The first-order valence-corrected chi connectivity index (χ1v) is 14.0. The van der Waals surface area contributed by atoms with Crippen molar-refractivity contribution in [2.24, 2.45) is 4.99 Å². The number of benzene rings is 2. The number of allylic oxidation sites excluding steroid dienone is 2. The van der Waals surface area contributed by atoms with E-state index in [1.807, 2.05) is 29.2 Å². The quantitative estimate of drug-likeness (QED) is 0.233. The smallest absolute Gasteiger partial charge is 0.160 e. The summed E-state index contributed by atoms with van der Waals surface area (Å²) in [5.41, 5.74) is 5.81. The van der Waals surface area contributed by atoms with Crippen LogP contribution in [0.5, 0.6) is 0 Å². The molecular formula is C32H28FN9. The highest BCUT2D eigenvalue weighted by atomic mass is 19.1. The van der Waals surface area contributed by atoms with Gasteiger partial charge in [0.1, 0.15) is 30.1 Å². The largest absolute Gasteiger partial charge is 0.314 e. The SMILES string of the molecule is CCC1=C(n2ccnc2-c2ccc(F)cc2)N=C2C(=CC1)n1cnnc1C(CC)N2c1cccc(-c2cncnc2)c1. The van der Waals surface area contributed by atoms with Crippen molar-refractivity contribution in [1.82, 2.24) is 34.3 Å². The maximum atomic E-state index is 13.8. The molecule has 42 heavy (non-hydrogen) atoms. The molecule has 0 fully saturated rings. The van der Waals surface area contributed by atoms with Gasteiger partial charge in [0.25, 0.3) is 0 Å². The molecule has 3 aromatic heterocycles. The summed E-state index contributed by atoms with van der Waals surface area (Å²) in [4.78, 5) is 20.8. The Morgan fingerprint density at radius 3 is 2.57 bits per heavy atom. The van der Waals surface area contributed by atoms with E-state index in [1.165, 1.54) is 18.5 Å². The van der Waals surface area contributed by atoms with Gasteiger partial charge in [0, 0.05) is 41.6 Å². The molecule has 0 aliphatic carbocycles. The highest BCUT2D eigenvalue weighted by Crippen LogP contribution is 2.41. The van der Waals surface area contributed by atoms with Gasteiger partial charge in [-0.1, -0.05) is 32.1 Å². The van der Waals surface area contributed by atoms with E-state index < -0.39 is 0 Å². The summed E-state index contributed by atoms with van der Waals surface area (Å²) in [6.07, 6.45) is 15.1. The van der Waals surface area contributed by atoms with Crippen molar-refractivity contribution in [1.29, 1.82) is 0 Å². The van der Waals surface area contributed by atoms with E-state index in [4.69, 9.17) is 4.99 Å². The lowest BCUT2D eigenvalue weighted by Gasteiger charge is -2.38. The van der Waals surface area contributed by atoms with Crippen molar-refractivity contribution in [2.45, 2.75) is 39.2 Å². The van der Waals surface area contributed by atoms with E-state index in [1.54, 1.807) is 24.7 Å². The number of hydrogen-bond donors (Lipinski definition) is 0. The molecule has 0 spiro atoms. The van der Waals surface area contributed by atoms with Crippen LogP contribution in [0.15, 0.2) is 103 Å². The Labute approximate surface area is 242 Å². The zero-order valence-electron chi connectivity index (χ0n) is 23.3.